The summed E-state index contributed by atoms with van der Waals surface area (Å²) in [5, 5.41) is 5.44. The molecule has 0 amide bonds. The molecule has 1 aromatic carbocycles. The van der Waals surface area contributed by atoms with Crippen LogP contribution < -0.4 is 10.1 Å². The van der Waals surface area contributed by atoms with Gasteiger partial charge in [-0.2, -0.15) is 0 Å². The van der Waals surface area contributed by atoms with Gasteiger partial charge in [-0.05, 0) is 25.1 Å². The third-order valence-electron chi connectivity index (χ3n) is 2.43. The van der Waals surface area contributed by atoms with Crippen molar-refractivity contribution in [1.29, 1.82) is 0 Å². The number of nitrogens with one attached hydrogen (secondary N) is 1. The minimum atomic E-state index is 0.157. The van der Waals surface area contributed by atoms with E-state index in [2.05, 4.69) is 33.2 Å². The zero-order valence-corrected chi connectivity index (χ0v) is 12.0. The number of rotatable bonds is 4. The monoisotopic (exact) mass is 312 g/mol. The van der Waals surface area contributed by atoms with Crippen molar-refractivity contribution < 1.29 is 4.74 Å². The number of halogens is 1. The summed E-state index contributed by atoms with van der Waals surface area (Å²) in [6.07, 6.45) is 0. The van der Waals surface area contributed by atoms with Gasteiger partial charge < -0.3 is 10.1 Å². The van der Waals surface area contributed by atoms with Gasteiger partial charge >= 0.3 is 0 Å². The molecule has 1 unspecified atom stereocenters. The highest BCUT2D eigenvalue weighted by Crippen LogP contribution is 2.30. The molecule has 1 heterocycles. The molecular weight excluding hydrogens is 300 g/mol. The lowest BCUT2D eigenvalue weighted by molar-refractivity contribution is 0.416. The number of methoxy groups -OCH3 is 1. The van der Waals surface area contributed by atoms with Gasteiger partial charge in [-0.1, -0.05) is 15.9 Å². The van der Waals surface area contributed by atoms with Crippen LogP contribution in [-0.2, 0) is 0 Å². The molecule has 0 saturated carbocycles. The summed E-state index contributed by atoms with van der Waals surface area (Å²) in [5.74, 6) is 0.829. The quantitative estimate of drug-likeness (QED) is 0.923. The van der Waals surface area contributed by atoms with E-state index in [9.17, 15) is 0 Å². The average molecular weight is 313 g/mol. The topological polar surface area (TPSA) is 34.1 Å². The van der Waals surface area contributed by atoms with Crippen LogP contribution >= 0.6 is 27.3 Å². The molecule has 0 bridgehead atoms. The standard InChI is InChI=1S/C12H13BrN2OS/c1-8(11-6-17-7-14-11)15-10-5-9(13)3-4-12(10)16-2/h3-8,15H,1-2H3. The van der Waals surface area contributed by atoms with E-state index < -0.39 is 0 Å². The summed E-state index contributed by atoms with van der Waals surface area (Å²) in [6.45, 7) is 2.08. The zero-order chi connectivity index (χ0) is 12.3. The Morgan fingerprint density at radius 1 is 1.47 bits per heavy atom. The van der Waals surface area contributed by atoms with Gasteiger partial charge in [0.25, 0.3) is 0 Å². The van der Waals surface area contributed by atoms with Gasteiger partial charge in [0.05, 0.1) is 30.0 Å². The predicted octanol–water partition coefficient (Wildman–Crippen LogP) is 4.09. The second-order valence-electron chi connectivity index (χ2n) is 3.62. The van der Waals surface area contributed by atoms with Crippen LogP contribution in [-0.4, -0.2) is 12.1 Å². The number of thiazole rings is 1. The molecule has 17 heavy (non-hydrogen) atoms. The minimum absolute atomic E-state index is 0.157. The third-order valence-corrected chi connectivity index (χ3v) is 3.53. The van der Waals surface area contributed by atoms with E-state index in [4.69, 9.17) is 4.74 Å². The van der Waals surface area contributed by atoms with E-state index in [1.165, 1.54) is 0 Å². The van der Waals surface area contributed by atoms with Crippen molar-refractivity contribution in [2.75, 3.05) is 12.4 Å². The molecule has 1 aromatic heterocycles. The summed E-state index contributed by atoms with van der Waals surface area (Å²) in [5.41, 5.74) is 3.84. The maximum absolute atomic E-state index is 5.32. The molecule has 5 heteroatoms. The second-order valence-corrected chi connectivity index (χ2v) is 5.26. The van der Waals surface area contributed by atoms with Gasteiger partial charge in [0, 0.05) is 9.85 Å². The lowest BCUT2D eigenvalue weighted by Gasteiger charge is -2.16. The smallest absolute Gasteiger partial charge is 0.142 e. The molecule has 0 saturated heterocycles. The number of anilines is 1. The minimum Gasteiger partial charge on any atom is -0.495 e. The first kappa shape index (κ1) is 12.4. The van der Waals surface area contributed by atoms with Crippen LogP contribution in [0.5, 0.6) is 5.75 Å². The van der Waals surface area contributed by atoms with Crippen LogP contribution in [0.2, 0.25) is 0 Å². The van der Waals surface area contributed by atoms with Crippen LogP contribution in [0.4, 0.5) is 5.69 Å². The van der Waals surface area contributed by atoms with E-state index >= 15 is 0 Å². The van der Waals surface area contributed by atoms with Crippen LogP contribution in [0.25, 0.3) is 0 Å². The molecular formula is C12H13BrN2OS. The van der Waals surface area contributed by atoms with E-state index in [0.717, 1.165) is 21.6 Å². The number of ether oxygens (including phenoxy) is 1. The van der Waals surface area contributed by atoms with Crippen molar-refractivity contribution in [3.05, 3.63) is 39.3 Å². The van der Waals surface area contributed by atoms with Crippen LogP contribution in [0, 0.1) is 0 Å². The van der Waals surface area contributed by atoms with Gasteiger partial charge in [0.15, 0.2) is 0 Å². The Morgan fingerprint density at radius 3 is 2.94 bits per heavy atom. The van der Waals surface area contributed by atoms with E-state index in [-0.39, 0.29) is 6.04 Å². The summed E-state index contributed by atoms with van der Waals surface area (Å²) < 4.78 is 6.34. The Kier molecular flexibility index (Phi) is 4.02. The first-order chi connectivity index (χ1) is 8.20. The maximum Gasteiger partial charge on any atom is 0.142 e. The van der Waals surface area contributed by atoms with E-state index in [1.54, 1.807) is 18.4 Å². The van der Waals surface area contributed by atoms with Crippen LogP contribution in [0.3, 0.4) is 0 Å². The van der Waals surface area contributed by atoms with Gasteiger partial charge in [-0.15, -0.1) is 11.3 Å². The van der Waals surface area contributed by atoms with Gasteiger partial charge in [0.1, 0.15) is 5.75 Å². The van der Waals surface area contributed by atoms with E-state index in [1.807, 2.05) is 29.1 Å². The molecule has 0 fully saturated rings. The highest BCUT2D eigenvalue weighted by Gasteiger charge is 2.10. The molecule has 1 atom stereocenters. The lowest BCUT2D eigenvalue weighted by atomic mass is 10.2. The predicted molar refractivity (Wildman–Crippen MR) is 74.8 cm³/mol. The molecule has 0 aliphatic heterocycles. The highest BCUT2D eigenvalue weighted by atomic mass is 79.9. The fourth-order valence-electron chi connectivity index (χ4n) is 1.54. The number of hydrogen-bond acceptors (Lipinski definition) is 4. The fraction of sp³-hybridized carbons (Fsp3) is 0.250. The molecule has 2 aromatic rings. The Hall–Kier alpha value is -1.07. The van der Waals surface area contributed by atoms with Crippen LogP contribution in [0.15, 0.2) is 33.6 Å². The average Bonchev–Trinajstić information content (AvgIpc) is 2.83. The molecule has 2 rings (SSSR count). The summed E-state index contributed by atoms with van der Waals surface area (Å²) >= 11 is 5.06. The van der Waals surface area contributed by atoms with E-state index in [0.29, 0.717) is 0 Å². The molecule has 90 valence electrons. The van der Waals surface area contributed by atoms with Crippen molar-refractivity contribution in [3.8, 4) is 5.75 Å². The molecule has 0 radical (unpaired) electrons. The van der Waals surface area contributed by atoms with Gasteiger partial charge in [-0.25, -0.2) is 4.98 Å². The Bertz CT molecular complexity index is 487. The molecule has 0 aliphatic carbocycles. The first-order valence-corrected chi connectivity index (χ1v) is 6.92. The van der Waals surface area contributed by atoms with Crippen molar-refractivity contribution in [2.45, 2.75) is 13.0 Å². The highest BCUT2D eigenvalue weighted by molar-refractivity contribution is 9.10. The van der Waals surface area contributed by atoms with Crippen molar-refractivity contribution in [2.24, 2.45) is 0 Å². The molecule has 0 aliphatic rings. The molecule has 1 N–H and O–H groups in total. The second kappa shape index (κ2) is 5.51. The number of aromatic nitrogens is 1. The zero-order valence-electron chi connectivity index (χ0n) is 9.61. The molecule has 0 spiro atoms. The largest absolute Gasteiger partial charge is 0.495 e. The van der Waals surface area contributed by atoms with Crippen LogP contribution in [0.1, 0.15) is 18.7 Å². The van der Waals surface area contributed by atoms with Crippen molar-refractivity contribution in [1.82, 2.24) is 4.98 Å². The fourth-order valence-corrected chi connectivity index (χ4v) is 2.54. The SMILES string of the molecule is COc1ccc(Br)cc1NC(C)c1cscn1. The normalized spacial score (nSPS) is 12.2. The van der Waals surface area contributed by atoms with Crippen molar-refractivity contribution >= 4 is 33.0 Å². The van der Waals surface area contributed by atoms with Gasteiger partial charge in [-0.3, -0.25) is 0 Å². The lowest BCUT2D eigenvalue weighted by Crippen LogP contribution is -2.07. The maximum atomic E-state index is 5.32. The van der Waals surface area contributed by atoms with Gasteiger partial charge in [0.2, 0.25) is 0 Å². The molecule has 3 nitrogen and oxygen atoms in total. The Balaban J connectivity index is 2.20. The third kappa shape index (κ3) is 2.98. The summed E-state index contributed by atoms with van der Waals surface area (Å²) in [4.78, 5) is 4.29. The first-order valence-electron chi connectivity index (χ1n) is 5.19. The number of hydrogen-bond donors (Lipinski definition) is 1. The summed E-state index contributed by atoms with van der Waals surface area (Å²) in [6, 6.07) is 6.05. The summed E-state index contributed by atoms with van der Waals surface area (Å²) in [7, 11) is 1.67. The Labute approximate surface area is 113 Å². The number of benzene rings is 1. The number of nitrogens with zero attached hydrogens (tertiary/aromatic N) is 1. The Morgan fingerprint density at radius 2 is 2.29 bits per heavy atom. The van der Waals surface area contributed by atoms with Crippen molar-refractivity contribution in [3.63, 3.8) is 0 Å².